The van der Waals surface area contributed by atoms with Gasteiger partial charge in [0.25, 0.3) is 0 Å². The van der Waals surface area contributed by atoms with Gasteiger partial charge in [0, 0.05) is 20.0 Å². The van der Waals surface area contributed by atoms with Gasteiger partial charge in [-0.3, -0.25) is 4.79 Å². The van der Waals surface area contributed by atoms with Crippen LogP contribution < -0.4 is 5.73 Å². The van der Waals surface area contributed by atoms with Gasteiger partial charge >= 0.3 is 0 Å². The van der Waals surface area contributed by atoms with E-state index in [0.29, 0.717) is 13.1 Å². The summed E-state index contributed by atoms with van der Waals surface area (Å²) in [5, 5.41) is -0.221. The summed E-state index contributed by atoms with van der Waals surface area (Å²) in [5.74, 6) is -0.141. The molecular formula is C14H29ClN2O3S. The maximum absolute atomic E-state index is 12.1. The zero-order chi connectivity index (χ0) is 15.4. The lowest BCUT2D eigenvalue weighted by molar-refractivity contribution is -0.130. The van der Waals surface area contributed by atoms with Gasteiger partial charge < -0.3 is 10.6 Å². The largest absolute Gasteiger partial charge is 0.345 e. The lowest BCUT2D eigenvalue weighted by Crippen LogP contribution is -2.40. The molecule has 2 N–H and O–H groups in total. The molecule has 0 bridgehead atoms. The van der Waals surface area contributed by atoms with Gasteiger partial charge in [0.15, 0.2) is 9.84 Å². The molecule has 0 spiro atoms. The second-order valence-corrected chi connectivity index (χ2v) is 9.04. The Hall–Kier alpha value is -0.330. The van der Waals surface area contributed by atoms with E-state index in [2.05, 4.69) is 0 Å². The number of hydrogen-bond donors (Lipinski definition) is 1. The Balaban J connectivity index is 0.00000400. The summed E-state index contributed by atoms with van der Waals surface area (Å²) < 4.78 is 24.2. The minimum Gasteiger partial charge on any atom is -0.345 e. The van der Waals surface area contributed by atoms with E-state index >= 15 is 0 Å². The van der Waals surface area contributed by atoms with E-state index in [1.807, 2.05) is 13.8 Å². The Morgan fingerprint density at radius 3 is 2.29 bits per heavy atom. The molecule has 7 heteroatoms. The molecule has 0 atom stereocenters. The Bertz CT molecular complexity index is 432. The predicted molar refractivity (Wildman–Crippen MR) is 88.4 cm³/mol. The van der Waals surface area contributed by atoms with Crippen LogP contribution >= 0.6 is 12.4 Å². The highest BCUT2D eigenvalue weighted by molar-refractivity contribution is 7.92. The van der Waals surface area contributed by atoms with Crippen LogP contribution in [-0.4, -0.2) is 50.4 Å². The first kappa shape index (κ1) is 20.7. The predicted octanol–water partition coefficient (Wildman–Crippen LogP) is 1.60. The highest BCUT2D eigenvalue weighted by Gasteiger charge is 2.29. The van der Waals surface area contributed by atoms with Crippen LogP contribution in [0.3, 0.4) is 0 Å². The van der Waals surface area contributed by atoms with Crippen LogP contribution in [0.25, 0.3) is 0 Å². The molecule has 21 heavy (non-hydrogen) atoms. The minimum atomic E-state index is -3.11. The molecule has 0 aromatic carbocycles. The van der Waals surface area contributed by atoms with Gasteiger partial charge in [-0.2, -0.15) is 0 Å². The van der Waals surface area contributed by atoms with Crippen molar-refractivity contribution in [3.63, 3.8) is 0 Å². The Kier molecular flexibility index (Phi) is 8.21. The van der Waals surface area contributed by atoms with Gasteiger partial charge in [-0.25, -0.2) is 8.42 Å². The number of halogens is 1. The van der Waals surface area contributed by atoms with E-state index < -0.39 is 9.84 Å². The van der Waals surface area contributed by atoms with Crippen molar-refractivity contribution in [1.29, 1.82) is 0 Å². The van der Waals surface area contributed by atoms with Crippen LogP contribution in [0.15, 0.2) is 0 Å². The van der Waals surface area contributed by atoms with Crippen LogP contribution in [0.2, 0.25) is 0 Å². The van der Waals surface area contributed by atoms with Crippen molar-refractivity contribution in [3.05, 3.63) is 0 Å². The number of nitrogens with zero attached hydrogens (tertiary/aromatic N) is 1. The molecule has 0 heterocycles. The SMILES string of the molecule is CN(CC(C)(C)CN)C(=O)CCS(=O)(=O)C1CCCC1.Cl. The standard InChI is InChI=1S/C14H28N2O3S.ClH/c1-14(2,10-15)11-16(3)13(17)8-9-20(18,19)12-6-4-5-7-12;/h12H,4-11,15H2,1-3H3;1H. The summed E-state index contributed by atoms with van der Waals surface area (Å²) in [6.45, 7) is 5.02. The fourth-order valence-electron chi connectivity index (χ4n) is 2.63. The lowest BCUT2D eigenvalue weighted by atomic mass is 9.93. The van der Waals surface area contributed by atoms with E-state index in [1.165, 1.54) is 0 Å². The molecule has 1 aliphatic carbocycles. The number of amides is 1. The third kappa shape index (κ3) is 6.53. The van der Waals surface area contributed by atoms with E-state index in [-0.39, 0.29) is 41.2 Å². The van der Waals surface area contributed by atoms with E-state index in [4.69, 9.17) is 5.73 Å². The average molecular weight is 341 g/mol. The molecule has 0 aliphatic heterocycles. The molecule has 126 valence electrons. The Morgan fingerprint density at radius 1 is 1.29 bits per heavy atom. The van der Waals surface area contributed by atoms with Gasteiger partial charge in [-0.1, -0.05) is 26.7 Å². The van der Waals surface area contributed by atoms with Crippen LogP contribution in [-0.2, 0) is 14.6 Å². The summed E-state index contributed by atoms with van der Waals surface area (Å²) in [6.07, 6.45) is 3.57. The third-order valence-corrected chi connectivity index (χ3v) is 6.31. The molecule has 1 saturated carbocycles. The zero-order valence-corrected chi connectivity index (χ0v) is 14.9. The Morgan fingerprint density at radius 2 is 1.81 bits per heavy atom. The number of nitrogens with two attached hydrogens (primary N) is 1. The topological polar surface area (TPSA) is 80.5 Å². The third-order valence-electron chi connectivity index (χ3n) is 4.05. The number of rotatable bonds is 7. The van der Waals surface area contributed by atoms with Gasteiger partial charge in [0.2, 0.25) is 5.91 Å². The average Bonchev–Trinajstić information content (AvgIpc) is 2.90. The molecule has 1 amide bonds. The van der Waals surface area contributed by atoms with Crippen molar-refractivity contribution < 1.29 is 13.2 Å². The van der Waals surface area contributed by atoms with Crippen molar-refractivity contribution >= 4 is 28.2 Å². The Labute approximate surface area is 135 Å². The summed E-state index contributed by atoms with van der Waals surface area (Å²) in [6, 6.07) is 0. The number of sulfone groups is 1. The fraction of sp³-hybridized carbons (Fsp3) is 0.929. The first-order valence-corrected chi connectivity index (χ1v) is 9.05. The van der Waals surface area contributed by atoms with Gasteiger partial charge in [-0.15, -0.1) is 12.4 Å². The van der Waals surface area contributed by atoms with Crippen LogP contribution in [0.1, 0.15) is 46.0 Å². The van der Waals surface area contributed by atoms with E-state index in [9.17, 15) is 13.2 Å². The molecule has 1 fully saturated rings. The lowest BCUT2D eigenvalue weighted by Gasteiger charge is -2.29. The van der Waals surface area contributed by atoms with Crippen molar-refractivity contribution in [2.24, 2.45) is 11.1 Å². The minimum absolute atomic E-state index is 0. The second kappa shape index (κ2) is 8.34. The molecule has 0 aromatic rings. The summed E-state index contributed by atoms with van der Waals surface area (Å²) in [4.78, 5) is 13.6. The first-order valence-electron chi connectivity index (χ1n) is 7.33. The highest BCUT2D eigenvalue weighted by atomic mass is 35.5. The normalized spacial score (nSPS) is 16.6. The smallest absolute Gasteiger partial charge is 0.223 e. The molecule has 0 saturated heterocycles. The highest BCUT2D eigenvalue weighted by Crippen LogP contribution is 2.25. The number of hydrogen-bond acceptors (Lipinski definition) is 4. The molecule has 0 radical (unpaired) electrons. The van der Waals surface area contributed by atoms with Crippen molar-refractivity contribution in [1.82, 2.24) is 4.90 Å². The monoisotopic (exact) mass is 340 g/mol. The molecule has 0 unspecified atom stereocenters. The number of carbonyl (C=O) groups is 1. The zero-order valence-electron chi connectivity index (χ0n) is 13.3. The maximum atomic E-state index is 12.1. The van der Waals surface area contributed by atoms with E-state index in [1.54, 1.807) is 11.9 Å². The van der Waals surface area contributed by atoms with Crippen molar-refractivity contribution in [2.75, 3.05) is 25.9 Å². The van der Waals surface area contributed by atoms with Gasteiger partial charge in [0.1, 0.15) is 0 Å². The quantitative estimate of drug-likeness (QED) is 0.763. The molecule has 0 aromatic heterocycles. The summed E-state index contributed by atoms with van der Waals surface area (Å²) in [7, 11) is -1.40. The summed E-state index contributed by atoms with van der Waals surface area (Å²) in [5.41, 5.74) is 5.50. The second-order valence-electron chi connectivity index (χ2n) is 6.64. The van der Waals surface area contributed by atoms with Crippen molar-refractivity contribution in [3.8, 4) is 0 Å². The fourth-order valence-corrected chi connectivity index (χ4v) is 4.47. The molecule has 5 nitrogen and oxygen atoms in total. The summed E-state index contributed by atoms with van der Waals surface area (Å²) >= 11 is 0. The van der Waals surface area contributed by atoms with Crippen molar-refractivity contribution in [2.45, 2.75) is 51.2 Å². The first-order chi connectivity index (χ1) is 9.18. The van der Waals surface area contributed by atoms with Crippen LogP contribution in [0.5, 0.6) is 0 Å². The maximum Gasteiger partial charge on any atom is 0.223 e. The number of carbonyl (C=O) groups excluding carboxylic acids is 1. The van der Waals surface area contributed by atoms with E-state index in [0.717, 1.165) is 25.7 Å². The van der Waals surface area contributed by atoms with Gasteiger partial charge in [0.05, 0.1) is 11.0 Å². The molecular weight excluding hydrogens is 312 g/mol. The molecule has 1 aliphatic rings. The van der Waals surface area contributed by atoms with Crippen LogP contribution in [0.4, 0.5) is 0 Å². The molecule has 1 rings (SSSR count). The van der Waals surface area contributed by atoms with Crippen LogP contribution in [0, 0.1) is 5.41 Å². The van der Waals surface area contributed by atoms with Gasteiger partial charge in [-0.05, 0) is 24.8 Å².